The number of rotatable bonds is 6. The molecule has 0 unspecified atom stereocenters. The van der Waals surface area contributed by atoms with E-state index < -0.39 is 0 Å². The topological polar surface area (TPSA) is 56.8 Å². The fourth-order valence-electron chi connectivity index (χ4n) is 2.42. The Morgan fingerprint density at radius 2 is 1.76 bits per heavy atom. The summed E-state index contributed by atoms with van der Waals surface area (Å²) in [7, 11) is 1.73. The Balaban J connectivity index is 1.83. The van der Waals surface area contributed by atoms with E-state index in [0.717, 1.165) is 25.7 Å². The zero-order chi connectivity index (χ0) is 15.1. The average molecular weight is 293 g/mol. The van der Waals surface area contributed by atoms with Crippen LogP contribution in [-0.4, -0.2) is 31.8 Å². The standard InChI is InChI=1S/C16H23NO4/c1-3-17-21-15-6-4-12(5-7-15)16(18)20-14-10-8-13(19-2)9-11-14/h4-7,13-14,17H,3,8-11H2,1-2H3. The Morgan fingerprint density at radius 3 is 2.33 bits per heavy atom. The fourth-order valence-corrected chi connectivity index (χ4v) is 2.42. The van der Waals surface area contributed by atoms with Gasteiger partial charge in [-0.05, 0) is 56.9 Å². The van der Waals surface area contributed by atoms with Crippen molar-refractivity contribution in [3.05, 3.63) is 29.8 Å². The zero-order valence-corrected chi connectivity index (χ0v) is 12.6. The third-order valence-corrected chi connectivity index (χ3v) is 3.65. The Bertz CT molecular complexity index is 438. The highest BCUT2D eigenvalue weighted by Crippen LogP contribution is 2.24. The third kappa shape index (κ3) is 4.72. The van der Waals surface area contributed by atoms with Gasteiger partial charge in [0, 0.05) is 13.7 Å². The minimum atomic E-state index is -0.272. The fraction of sp³-hybridized carbons (Fsp3) is 0.562. The van der Waals surface area contributed by atoms with Gasteiger partial charge in [0.1, 0.15) is 11.9 Å². The molecule has 0 atom stereocenters. The molecule has 0 bridgehead atoms. The predicted molar refractivity (Wildman–Crippen MR) is 79.2 cm³/mol. The van der Waals surface area contributed by atoms with E-state index in [1.165, 1.54) is 0 Å². The lowest BCUT2D eigenvalue weighted by molar-refractivity contribution is -0.00540. The monoisotopic (exact) mass is 293 g/mol. The molecule has 116 valence electrons. The summed E-state index contributed by atoms with van der Waals surface area (Å²) >= 11 is 0. The smallest absolute Gasteiger partial charge is 0.338 e. The molecule has 0 spiro atoms. The quantitative estimate of drug-likeness (QED) is 0.645. The van der Waals surface area contributed by atoms with E-state index in [-0.39, 0.29) is 12.1 Å². The summed E-state index contributed by atoms with van der Waals surface area (Å²) in [5.74, 6) is 0.403. The number of carbonyl (C=O) groups excluding carboxylic acids is 1. The number of nitrogens with one attached hydrogen (secondary N) is 1. The van der Waals surface area contributed by atoms with Gasteiger partial charge in [0.05, 0.1) is 11.7 Å². The van der Waals surface area contributed by atoms with Crippen LogP contribution in [0.5, 0.6) is 5.75 Å². The van der Waals surface area contributed by atoms with E-state index in [2.05, 4.69) is 5.48 Å². The van der Waals surface area contributed by atoms with Gasteiger partial charge in [-0.15, -0.1) is 0 Å². The Hall–Kier alpha value is -1.59. The largest absolute Gasteiger partial charge is 0.459 e. The molecule has 21 heavy (non-hydrogen) atoms. The van der Waals surface area contributed by atoms with Crippen molar-refractivity contribution in [3.8, 4) is 5.75 Å². The van der Waals surface area contributed by atoms with Gasteiger partial charge in [0.15, 0.2) is 0 Å². The lowest BCUT2D eigenvalue weighted by Crippen LogP contribution is -2.27. The van der Waals surface area contributed by atoms with E-state index in [4.69, 9.17) is 14.3 Å². The summed E-state index contributed by atoms with van der Waals surface area (Å²) in [4.78, 5) is 17.3. The van der Waals surface area contributed by atoms with Crippen LogP contribution in [0.1, 0.15) is 43.0 Å². The number of esters is 1. The SMILES string of the molecule is CCNOc1ccc(C(=O)OC2CCC(OC)CC2)cc1. The molecule has 0 heterocycles. The van der Waals surface area contributed by atoms with Crippen molar-refractivity contribution >= 4 is 5.97 Å². The van der Waals surface area contributed by atoms with E-state index in [1.54, 1.807) is 31.4 Å². The molecule has 0 amide bonds. The van der Waals surface area contributed by atoms with Crippen LogP contribution in [0.3, 0.4) is 0 Å². The Kier molecular flexibility index (Phi) is 6.02. The highest BCUT2D eigenvalue weighted by Gasteiger charge is 2.24. The van der Waals surface area contributed by atoms with Gasteiger partial charge in [-0.3, -0.25) is 0 Å². The first-order chi connectivity index (χ1) is 10.2. The van der Waals surface area contributed by atoms with Crippen molar-refractivity contribution in [2.45, 2.75) is 44.8 Å². The third-order valence-electron chi connectivity index (χ3n) is 3.65. The minimum Gasteiger partial charge on any atom is -0.459 e. The van der Waals surface area contributed by atoms with Crippen molar-refractivity contribution in [1.29, 1.82) is 0 Å². The molecule has 1 N–H and O–H groups in total. The van der Waals surface area contributed by atoms with Gasteiger partial charge in [-0.2, -0.15) is 5.48 Å². The molecule has 5 heteroatoms. The molecule has 5 nitrogen and oxygen atoms in total. The van der Waals surface area contributed by atoms with Crippen LogP contribution in [0, 0.1) is 0 Å². The summed E-state index contributed by atoms with van der Waals surface area (Å²) in [6.45, 7) is 2.66. The summed E-state index contributed by atoms with van der Waals surface area (Å²) < 4.78 is 10.9. The van der Waals surface area contributed by atoms with Crippen LogP contribution in [0.25, 0.3) is 0 Å². The molecule has 1 fully saturated rings. The van der Waals surface area contributed by atoms with E-state index in [9.17, 15) is 4.79 Å². The molecular formula is C16H23NO4. The van der Waals surface area contributed by atoms with Gasteiger partial charge in [0.25, 0.3) is 0 Å². The van der Waals surface area contributed by atoms with Gasteiger partial charge in [0.2, 0.25) is 0 Å². The number of hydroxylamine groups is 1. The highest BCUT2D eigenvalue weighted by molar-refractivity contribution is 5.89. The van der Waals surface area contributed by atoms with E-state index in [0.29, 0.717) is 24.0 Å². The molecule has 0 radical (unpaired) electrons. The highest BCUT2D eigenvalue weighted by atomic mass is 16.6. The molecule has 1 aromatic carbocycles. The molecule has 0 aromatic heterocycles. The number of hydrogen-bond acceptors (Lipinski definition) is 5. The Morgan fingerprint density at radius 1 is 1.14 bits per heavy atom. The van der Waals surface area contributed by atoms with Crippen LogP contribution in [0.2, 0.25) is 0 Å². The minimum absolute atomic E-state index is 0.00147. The van der Waals surface area contributed by atoms with Gasteiger partial charge < -0.3 is 14.3 Å². The summed E-state index contributed by atoms with van der Waals surface area (Å²) in [5.41, 5.74) is 3.31. The number of benzene rings is 1. The van der Waals surface area contributed by atoms with Crippen LogP contribution < -0.4 is 10.3 Å². The van der Waals surface area contributed by atoms with Crippen molar-refractivity contribution in [3.63, 3.8) is 0 Å². The molecule has 1 aliphatic carbocycles. The van der Waals surface area contributed by atoms with Crippen LogP contribution in [0.4, 0.5) is 0 Å². The van der Waals surface area contributed by atoms with Crippen molar-refractivity contribution in [1.82, 2.24) is 5.48 Å². The van der Waals surface area contributed by atoms with Crippen LogP contribution >= 0.6 is 0 Å². The van der Waals surface area contributed by atoms with Gasteiger partial charge >= 0.3 is 5.97 Å². The molecule has 0 aliphatic heterocycles. The molecule has 1 saturated carbocycles. The second-order valence-electron chi connectivity index (χ2n) is 5.16. The summed E-state index contributed by atoms with van der Waals surface area (Å²) in [6.07, 6.45) is 3.94. The first kappa shape index (κ1) is 15.8. The van der Waals surface area contributed by atoms with Crippen LogP contribution in [-0.2, 0) is 9.47 Å². The van der Waals surface area contributed by atoms with E-state index >= 15 is 0 Å². The van der Waals surface area contributed by atoms with Gasteiger partial charge in [-0.25, -0.2) is 4.79 Å². The second kappa shape index (κ2) is 8.00. The number of methoxy groups -OCH3 is 1. The predicted octanol–water partition coefficient (Wildman–Crippen LogP) is 2.70. The summed E-state index contributed by atoms with van der Waals surface area (Å²) in [5, 5.41) is 0. The first-order valence-electron chi connectivity index (χ1n) is 7.46. The van der Waals surface area contributed by atoms with E-state index in [1.807, 2.05) is 6.92 Å². The maximum Gasteiger partial charge on any atom is 0.338 e. The molecule has 0 saturated heterocycles. The zero-order valence-electron chi connectivity index (χ0n) is 12.6. The maximum absolute atomic E-state index is 12.1. The van der Waals surface area contributed by atoms with Crippen molar-refractivity contribution < 1.29 is 19.1 Å². The second-order valence-corrected chi connectivity index (χ2v) is 5.16. The van der Waals surface area contributed by atoms with Crippen LogP contribution in [0.15, 0.2) is 24.3 Å². The molecular weight excluding hydrogens is 270 g/mol. The van der Waals surface area contributed by atoms with Gasteiger partial charge in [-0.1, -0.05) is 0 Å². The molecule has 1 aliphatic rings. The number of ether oxygens (including phenoxy) is 2. The summed E-state index contributed by atoms with van der Waals surface area (Å²) in [6, 6.07) is 6.94. The molecule has 1 aromatic rings. The van der Waals surface area contributed by atoms with Crippen molar-refractivity contribution in [2.75, 3.05) is 13.7 Å². The average Bonchev–Trinajstić information content (AvgIpc) is 2.54. The maximum atomic E-state index is 12.1. The molecule has 2 rings (SSSR count). The number of hydrogen-bond donors (Lipinski definition) is 1. The Labute approximate surface area is 125 Å². The normalized spacial score (nSPS) is 21.8. The first-order valence-corrected chi connectivity index (χ1v) is 7.46. The van der Waals surface area contributed by atoms with Crippen molar-refractivity contribution in [2.24, 2.45) is 0 Å². The lowest BCUT2D eigenvalue weighted by Gasteiger charge is -2.27. The number of carbonyl (C=O) groups is 1. The lowest BCUT2D eigenvalue weighted by atomic mass is 9.95.